The second-order valence-electron chi connectivity index (χ2n) is 1.38. The summed E-state index contributed by atoms with van der Waals surface area (Å²) in [5, 5.41) is 0. The topological polar surface area (TPSA) is 26.3 Å². The monoisotopic (exact) mass is 168 g/mol. The lowest BCUT2D eigenvalue weighted by molar-refractivity contribution is -0.136. The Morgan fingerprint density at radius 1 is 1.44 bits per heavy atom. The Morgan fingerprint density at radius 3 is 2.00 bits per heavy atom. The van der Waals surface area contributed by atoms with Crippen LogP contribution in [0.25, 0.3) is 0 Å². The van der Waals surface area contributed by atoms with Gasteiger partial charge >= 0.3 is 5.97 Å². The molecule has 0 aromatic rings. The molecule has 0 heterocycles. The van der Waals surface area contributed by atoms with Gasteiger partial charge in [0.1, 0.15) is 4.49 Å². The highest BCUT2D eigenvalue weighted by Crippen LogP contribution is 2.13. The van der Waals surface area contributed by atoms with Crippen LogP contribution < -0.4 is 0 Å². The van der Waals surface area contributed by atoms with Crippen molar-refractivity contribution in [3.63, 3.8) is 0 Å². The van der Waals surface area contributed by atoms with Crippen LogP contribution in [0.4, 0.5) is 0 Å². The molecule has 4 heteroatoms. The first-order valence-corrected chi connectivity index (χ1v) is 2.95. The highest BCUT2D eigenvalue weighted by Gasteiger charge is 2.05. The van der Waals surface area contributed by atoms with Gasteiger partial charge < -0.3 is 4.74 Å². The smallest absolute Gasteiger partial charge is 0.335 e. The summed E-state index contributed by atoms with van der Waals surface area (Å²) >= 11 is 10.5. The van der Waals surface area contributed by atoms with E-state index in [1.165, 1.54) is 14.0 Å². The molecule has 2 nitrogen and oxygen atoms in total. The number of methoxy groups -OCH3 is 1. The zero-order chi connectivity index (χ0) is 7.44. The molecular formula is C5H6Cl2O2. The first kappa shape index (κ1) is 8.79. The maximum atomic E-state index is 10.5. The van der Waals surface area contributed by atoms with Crippen LogP contribution in [0.1, 0.15) is 6.92 Å². The third-order valence-corrected chi connectivity index (χ3v) is 1.34. The van der Waals surface area contributed by atoms with E-state index in [-0.39, 0.29) is 10.1 Å². The summed E-state index contributed by atoms with van der Waals surface area (Å²) in [5.74, 6) is -0.505. The second-order valence-corrected chi connectivity index (χ2v) is 2.33. The summed E-state index contributed by atoms with van der Waals surface area (Å²) < 4.78 is 4.25. The van der Waals surface area contributed by atoms with E-state index in [1.54, 1.807) is 0 Å². The molecule has 52 valence electrons. The van der Waals surface area contributed by atoms with Crippen molar-refractivity contribution in [2.75, 3.05) is 7.11 Å². The summed E-state index contributed by atoms with van der Waals surface area (Å²) in [6.45, 7) is 1.49. The molecule has 0 spiro atoms. The molecule has 0 amide bonds. The van der Waals surface area contributed by atoms with Crippen LogP contribution in [0.5, 0.6) is 0 Å². The van der Waals surface area contributed by atoms with E-state index in [0.717, 1.165) is 0 Å². The molecule has 0 radical (unpaired) electrons. The van der Waals surface area contributed by atoms with E-state index in [1.807, 2.05) is 0 Å². The molecule has 0 rings (SSSR count). The minimum atomic E-state index is -0.505. The lowest BCUT2D eigenvalue weighted by Crippen LogP contribution is -2.01. The van der Waals surface area contributed by atoms with Gasteiger partial charge in [-0.05, 0) is 6.92 Å². The van der Waals surface area contributed by atoms with Crippen molar-refractivity contribution in [3.8, 4) is 0 Å². The SMILES string of the molecule is COC(=O)C(C)=C(Cl)Cl. The molecule has 0 atom stereocenters. The molecule has 0 aromatic carbocycles. The number of carbonyl (C=O) groups excluding carboxylic acids is 1. The predicted molar refractivity (Wildman–Crippen MR) is 36.4 cm³/mol. The van der Waals surface area contributed by atoms with E-state index >= 15 is 0 Å². The number of ether oxygens (including phenoxy) is 1. The molecule has 0 aromatic heterocycles. The van der Waals surface area contributed by atoms with Crippen molar-refractivity contribution in [3.05, 3.63) is 10.1 Å². The molecule has 0 saturated carbocycles. The minimum absolute atomic E-state index is 0.0538. The third-order valence-electron chi connectivity index (χ3n) is 0.775. The Labute approximate surface area is 63.4 Å². The molecule has 9 heavy (non-hydrogen) atoms. The maximum absolute atomic E-state index is 10.5. The summed E-state index contributed by atoms with van der Waals surface area (Å²) in [6.07, 6.45) is 0. The number of halogens is 2. The summed E-state index contributed by atoms with van der Waals surface area (Å²) in [4.78, 5) is 10.5. The Kier molecular flexibility index (Phi) is 3.66. The molecule has 0 saturated heterocycles. The minimum Gasteiger partial charge on any atom is -0.466 e. The molecule has 0 N–H and O–H groups in total. The van der Waals surface area contributed by atoms with Gasteiger partial charge in [0.05, 0.1) is 12.7 Å². The fraction of sp³-hybridized carbons (Fsp3) is 0.400. The number of carbonyl (C=O) groups is 1. The first-order valence-electron chi connectivity index (χ1n) is 2.19. The molecule has 0 fully saturated rings. The summed E-state index contributed by atoms with van der Waals surface area (Å²) in [5.41, 5.74) is 0.223. The van der Waals surface area contributed by atoms with E-state index in [9.17, 15) is 4.79 Å². The van der Waals surface area contributed by atoms with Crippen LogP contribution in [0.2, 0.25) is 0 Å². The molecule has 0 aliphatic rings. The number of hydrogen-bond acceptors (Lipinski definition) is 2. The van der Waals surface area contributed by atoms with Crippen LogP contribution in [0.15, 0.2) is 10.1 Å². The van der Waals surface area contributed by atoms with Gasteiger partial charge in [-0.25, -0.2) is 4.79 Å². The van der Waals surface area contributed by atoms with Crippen molar-refractivity contribution in [1.29, 1.82) is 0 Å². The predicted octanol–water partition coefficient (Wildman–Crippen LogP) is 1.87. The van der Waals surface area contributed by atoms with Gasteiger partial charge in [0.15, 0.2) is 0 Å². The Hall–Kier alpha value is -0.210. The maximum Gasteiger partial charge on any atom is 0.335 e. The van der Waals surface area contributed by atoms with Gasteiger partial charge in [0.25, 0.3) is 0 Å². The first-order chi connectivity index (χ1) is 4.09. The summed E-state index contributed by atoms with van der Waals surface area (Å²) in [6, 6.07) is 0. The van der Waals surface area contributed by atoms with Crippen LogP contribution in [0.3, 0.4) is 0 Å². The fourth-order valence-electron chi connectivity index (χ4n) is 0.230. The van der Waals surface area contributed by atoms with Crippen molar-refractivity contribution < 1.29 is 9.53 Å². The quantitative estimate of drug-likeness (QED) is 0.442. The Bertz CT molecular complexity index is 147. The average molecular weight is 169 g/mol. The van der Waals surface area contributed by atoms with Crippen molar-refractivity contribution in [2.45, 2.75) is 6.92 Å². The van der Waals surface area contributed by atoms with Crippen LogP contribution in [-0.4, -0.2) is 13.1 Å². The van der Waals surface area contributed by atoms with Crippen molar-refractivity contribution >= 4 is 29.2 Å². The zero-order valence-corrected chi connectivity index (χ0v) is 6.58. The Morgan fingerprint density at radius 2 is 1.89 bits per heavy atom. The van der Waals surface area contributed by atoms with Gasteiger partial charge in [0, 0.05) is 0 Å². The van der Waals surface area contributed by atoms with Crippen LogP contribution in [0, 0.1) is 0 Å². The molecule has 0 aliphatic carbocycles. The largest absolute Gasteiger partial charge is 0.466 e. The van der Waals surface area contributed by atoms with Gasteiger partial charge in [-0.3, -0.25) is 0 Å². The Balaban J connectivity index is 4.21. The van der Waals surface area contributed by atoms with E-state index in [2.05, 4.69) is 4.74 Å². The van der Waals surface area contributed by atoms with E-state index in [0.29, 0.717) is 0 Å². The van der Waals surface area contributed by atoms with Gasteiger partial charge in [-0.1, -0.05) is 23.2 Å². The van der Waals surface area contributed by atoms with Gasteiger partial charge in [0.2, 0.25) is 0 Å². The highest BCUT2D eigenvalue weighted by atomic mass is 35.5. The summed E-state index contributed by atoms with van der Waals surface area (Å²) in [7, 11) is 1.27. The van der Waals surface area contributed by atoms with Crippen molar-refractivity contribution in [2.24, 2.45) is 0 Å². The second kappa shape index (κ2) is 3.75. The fourth-order valence-corrected chi connectivity index (χ4v) is 0.385. The van der Waals surface area contributed by atoms with Gasteiger partial charge in [-0.15, -0.1) is 0 Å². The molecule has 0 bridgehead atoms. The van der Waals surface area contributed by atoms with E-state index < -0.39 is 5.97 Å². The van der Waals surface area contributed by atoms with Crippen LogP contribution >= 0.6 is 23.2 Å². The molecule has 0 unspecified atom stereocenters. The van der Waals surface area contributed by atoms with Crippen molar-refractivity contribution in [1.82, 2.24) is 0 Å². The average Bonchev–Trinajstić information content (AvgIpc) is 1.84. The normalized spacial score (nSPS) is 8.44. The lowest BCUT2D eigenvalue weighted by atomic mass is 10.4. The van der Waals surface area contributed by atoms with Gasteiger partial charge in [-0.2, -0.15) is 0 Å². The standard InChI is InChI=1S/C5H6Cl2O2/c1-3(4(6)7)5(8)9-2/h1-2H3. The number of rotatable bonds is 1. The zero-order valence-electron chi connectivity index (χ0n) is 5.07. The number of esters is 1. The molecule has 0 aliphatic heterocycles. The lowest BCUT2D eigenvalue weighted by Gasteiger charge is -1.95. The third kappa shape index (κ3) is 2.72. The highest BCUT2D eigenvalue weighted by molar-refractivity contribution is 6.57. The molecular weight excluding hydrogens is 163 g/mol. The number of hydrogen-bond donors (Lipinski definition) is 0. The van der Waals surface area contributed by atoms with E-state index in [4.69, 9.17) is 23.2 Å². The van der Waals surface area contributed by atoms with Crippen LogP contribution in [-0.2, 0) is 9.53 Å².